The third kappa shape index (κ3) is 8.19. The van der Waals surface area contributed by atoms with Gasteiger partial charge in [-0.15, -0.1) is 0 Å². The number of carbonyl (C=O) groups is 2. The van der Waals surface area contributed by atoms with Crippen LogP contribution in [0.1, 0.15) is 46.0 Å². The Balaban J connectivity index is 2.01. The van der Waals surface area contributed by atoms with E-state index in [1.54, 1.807) is 0 Å². The highest BCUT2D eigenvalue weighted by atomic mass is 32.2. The first-order valence-electron chi connectivity index (χ1n) is 7.72. The minimum Gasteiger partial charge on any atom is -0.465 e. The van der Waals surface area contributed by atoms with Crippen molar-refractivity contribution in [3.8, 4) is 0 Å². The number of rotatable bonds is 11. The summed E-state index contributed by atoms with van der Waals surface area (Å²) in [6.07, 6.45) is 4.48. The van der Waals surface area contributed by atoms with E-state index in [1.807, 2.05) is 0 Å². The Morgan fingerprint density at radius 3 is 2.90 bits per heavy atom. The summed E-state index contributed by atoms with van der Waals surface area (Å²) in [6, 6.07) is 0. The van der Waals surface area contributed by atoms with Gasteiger partial charge in [0.1, 0.15) is 12.7 Å². The number of ether oxygens (including phenoxy) is 3. The van der Waals surface area contributed by atoms with Gasteiger partial charge in [-0.2, -0.15) is 11.8 Å². The van der Waals surface area contributed by atoms with Crippen molar-refractivity contribution in [1.82, 2.24) is 0 Å². The van der Waals surface area contributed by atoms with Crippen LogP contribution in [-0.2, 0) is 19.0 Å². The summed E-state index contributed by atoms with van der Waals surface area (Å²) >= 11 is 1.51. The van der Waals surface area contributed by atoms with Crippen LogP contribution in [0.2, 0.25) is 0 Å². The molecule has 0 radical (unpaired) electrons. The number of unbranched alkanes of at least 4 members (excludes halogenated alkanes) is 1. The Morgan fingerprint density at radius 2 is 2.29 bits per heavy atom. The molecule has 2 atom stereocenters. The molecule has 0 aliphatic carbocycles. The Bertz CT molecular complexity index is 321. The highest BCUT2D eigenvalue weighted by Gasteiger charge is 2.24. The molecule has 1 fully saturated rings. The number of cyclic esters (lactones) is 2. The second kappa shape index (κ2) is 10.8. The average Bonchev–Trinajstić information content (AvgIpc) is 2.89. The number of esters is 1. The molecule has 5 nitrogen and oxygen atoms in total. The molecule has 0 aromatic carbocycles. The summed E-state index contributed by atoms with van der Waals surface area (Å²) in [6.45, 7) is 5.15. The third-order valence-corrected chi connectivity index (χ3v) is 4.44. The SMILES string of the molecule is CCCCC(CC)COC(=O)CSCCC1COC(=O)O1. The van der Waals surface area contributed by atoms with Crippen molar-refractivity contribution in [2.24, 2.45) is 5.92 Å². The maximum atomic E-state index is 11.6. The summed E-state index contributed by atoms with van der Waals surface area (Å²) in [5.41, 5.74) is 0. The van der Waals surface area contributed by atoms with Gasteiger partial charge >= 0.3 is 12.1 Å². The van der Waals surface area contributed by atoms with E-state index in [1.165, 1.54) is 24.6 Å². The van der Waals surface area contributed by atoms with E-state index < -0.39 is 6.16 Å². The molecule has 0 amide bonds. The van der Waals surface area contributed by atoms with Gasteiger partial charge in [-0.1, -0.05) is 33.1 Å². The highest BCUT2D eigenvalue weighted by Crippen LogP contribution is 2.15. The molecule has 0 aromatic heterocycles. The quantitative estimate of drug-likeness (QED) is 0.430. The van der Waals surface area contributed by atoms with Crippen molar-refractivity contribution in [2.75, 3.05) is 24.7 Å². The van der Waals surface area contributed by atoms with Crippen LogP contribution in [0.3, 0.4) is 0 Å². The smallest absolute Gasteiger partial charge is 0.465 e. The van der Waals surface area contributed by atoms with E-state index in [-0.39, 0.29) is 12.1 Å². The standard InChI is InChI=1S/C15H26O5S/c1-3-5-6-12(4-2)9-18-14(16)11-21-8-7-13-10-19-15(17)20-13/h12-13H,3-11H2,1-2H3. The average molecular weight is 318 g/mol. The number of thioether (sulfide) groups is 1. The fourth-order valence-corrected chi connectivity index (χ4v) is 2.85. The van der Waals surface area contributed by atoms with Crippen LogP contribution in [0.5, 0.6) is 0 Å². The fraction of sp³-hybridized carbons (Fsp3) is 0.867. The summed E-state index contributed by atoms with van der Waals surface area (Å²) in [5, 5.41) is 0. The lowest BCUT2D eigenvalue weighted by molar-refractivity contribution is -0.141. The molecule has 21 heavy (non-hydrogen) atoms. The molecule has 6 heteroatoms. The Hall–Kier alpha value is -0.910. The minimum atomic E-state index is -0.595. The predicted molar refractivity (Wildman–Crippen MR) is 82.4 cm³/mol. The normalized spacial score (nSPS) is 19.0. The number of hydrogen-bond donors (Lipinski definition) is 0. The summed E-state index contributed by atoms with van der Waals surface area (Å²) in [5.74, 6) is 1.43. The van der Waals surface area contributed by atoms with Gasteiger partial charge in [0, 0.05) is 0 Å². The summed E-state index contributed by atoms with van der Waals surface area (Å²) in [4.78, 5) is 22.4. The zero-order valence-electron chi connectivity index (χ0n) is 13.0. The van der Waals surface area contributed by atoms with Crippen LogP contribution >= 0.6 is 11.8 Å². The molecular weight excluding hydrogens is 292 g/mol. The van der Waals surface area contributed by atoms with Gasteiger partial charge in [-0.05, 0) is 24.5 Å². The molecule has 2 unspecified atom stereocenters. The van der Waals surface area contributed by atoms with Crippen LogP contribution in [-0.4, -0.2) is 42.9 Å². The Morgan fingerprint density at radius 1 is 1.48 bits per heavy atom. The molecule has 0 saturated carbocycles. The van der Waals surface area contributed by atoms with Gasteiger partial charge in [0.2, 0.25) is 0 Å². The zero-order valence-corrected chi connectivity index (χ0v) is 13.8. The lowest BCUT2D eigenvalue weighted by Gasteiger charge is -2.14. The molecule has 1 aliphatic heterocycles. The van der Waals surface area contributed by atoms with Gasteiger partial charge in [-0.3, -0.25) is 4.79 Å². The zero-order chi connectivity index (χ0) is 15.5. The van der Waals surface area contributed by atoms with Crippen LogP contribution in [0.4, 0.5) is 4.79 Å². The highest BCUT2D eigenvalue weighted by molar-refractivity contribution is 7.99. The third-order valence-electron chi connectivity index (χ3n) is 3.48. The van der Waals surface area contributed by atoms with Gasteiger partial charge in [0.15, 0.2) is 0 Å². The lowest BCUT2D eigenvalue weighted by Crippen LogP contribution is -2.16. The molecule has 122 valence electrons. The molecule has 1 rings (SSSR count). The summed E-state index contributed by atoms with van der Waals surface area (Å²) < 4.78 is 14.9. The van der Waals surface area contributed by atoms with Gasteiger partial charge in [0.25, 0.3) is 0 Å². The van der Waals surface area contributed by atoms with Crippen LogP contribution in [0.25, 0.3) is 0 Å². The van der Waals surface area contributed by atoms with Gasteiger partial charge in [0.05, 0.1) is 12.4 Å². The first-order valence-corrected chi connectivity index (χ1v) is 8.87. The number of hydrogen-bond acceptors (Lipinski definition) is 6. The Kier molecular flexibility index (Phi) is 9.30. The van der Waals surface area contributed by atoms with Crippen LogP contribution in [0.15, 0.2) is 0 Å². The van der Waals surface area contributed by atoms with E-state index in [4.69, 9.17) is 14.2 Å². The van der Waals surface area contributed by atoms with Crippen LogP contribution in [0, 0.1) is 5.92 Å². The van der Waals surface area contributed by atoms with Crippen molar-refractivity contribution < 1.29 is 23.8 Å². The largest absolute Gasteiger partial charge is 0.508 e. The van der Waals surface area contributed by atoms with E-state index in [0.29, 0.717) is 31.3 Å². The molecule has 0 aromatic rings. The maximum absolute atomic E-state index is 11.6. The van der Waals surface area contributed by atoms with Crippen molar-refractivity contribution >= 4 is 23.9 Å². The predicted octanol–water partition coefficient (Wildman–Crippen LogP) is 3.40. The van der Waals surface area contributed by atoms with E-state index in [0.717, 1.165) is 18.6 Å². The topological polar surface area (TPSA) is 61.8 Å². The first-order chi connectivity index (χ1) is 10.2. The Labute approximate surface area is 131 Å². The molecule has 0 bridgehead atoms. The summed E-state index contributed by atoms with van der Waals surface area (Å²) in [7, 11) is 0. The molecule has 0 spiro atoms. The van der Waals surface area contributed by atoms with Crippen molar-refractivity contribution in [3.05, 3.63) is 0 Å². The maximum Gasteiger partial charge on any atom is 0.508 e. The van der Waals surface area contributed by atoms with Crippen molar-refractivity contribution in [1.29, 1.82) is 0 Å². The monoisotopic (exact) mass is 318 g/mol. The molecular formula is C15H26O5S. The number of carbonyl (C=O) groups excluding carboxylic acids is 2. The van der Waals surface area contributed by atoms with Crippen molar-refractivity contribution in [2.45, 2.75) is 52.1 Å². The molecule has 0 N–H and O–H groups in total. The van der Waals surface area contributed by atoms with Crippen LogP contribution < -0.4 is 0 Å². The van der Waals surface area contributed by atoms with Gasteiger partial charge < -0.3 is 14.2 Å². The van der Waals surface area contributed by atoms with E-state index in [9.17, 15) is 9.59 Å². The molecule has 1 saturated heterocycles. The second-order valence-corrected chi connectivity index (χ2v) is 6.35. The minimum absolute atomic E-state index is 0.158. The fourth-order valence-electron chi connectivity index (χ4n) is 2.03. The molecule has 1 heterocycles. The lowest BCUT2D eigenvalue weighted by atomic mass is 10.0. The first kappa shape index (κ1) is 18.1. The van der Waals surface area contributed by atoms with Crippen molar-refractivity contribution in [3.63, 3.8) is 0 Å². The van der Waals surface area contributed by atoms with Gasteiger partial charge in [-0.25, -0.2) is 4.79 Å². The van der Waals surface area contributed by atoms with E-state index in [2.05, 4.69) is 13.8 Å². The van der Waals surface area contributed by atoms with E-state index >= 15 is 0 Å². The molecule has 1 aliphatic rings. The second-order valence-electron chi connectivity index (χ2n) is 5.24.